The maximum atomic E-state index is 13.4. The molecule has 5 nitrogen and oxygen atoms in total. The summed E-state index contributed by atoms with van der Waals surface area (Å²) in [5.41, 5.74) is 0.212. The Hall–Kier alpha value is -1.53. The van der Waals surface area contributed by atoms with E-state index in [4.69, 9.17) is 0 Å². The summed E-state index contributed by atoms with van der Waals surface area (Å²) >= 11 is 0. The lowest BCUT2D eigenvalue weighted by atomic mass is 10.2. The van der Waals surface area contributed by atoms with Crippen molar-refractivity contribution in [2.75, 3.05) is 20.6 Å². The average Bonchev–Trinajstić information content (AvgIpc) is 2.25. The third-order valence-corrected chi connectivity index (χ3v) is 2.50. The SMILES string of the molecule is CC(CN(C)C)NCc1ccc([N+](=O)[O-])c(F)c1. The number of nitrogens with one attached hydrogen (secondary N) is 1. The van der Waals surface area contributed by atoms with Gasteiger partial charge in [0.05, 0.1) is 4.92 Å². The van der Waals surface area contributed by atoms with Crippen LogP contribution in [0.1, 0.15) is 12.5 Å². The van der Waals surface area contributed by atoms with Crippen molar-refractivity contribution in [3.05, 3.63) is 39.7 Å². The van der Waals surface area contributed by atoms with Crippen LogP contribution >= 0.6 is 0 Å². The van der Waals surface area contributed by atoms with Gasteiger partial charge in [0.15, 0.2) is 0 Å². The van der Waals surface area contributed by atoms with Crippen molar-refractivity contribution in [1.82, 2.24) is 10.2 Å². The van der Waals surface area contributed by atoms with E-state index in [1.54, 1.807) is 6.07 Å². The van der Waals surface area contributed by atoms with Crippen LogP contribution in [0.25, 0.3) is 0 Å². The van der Waals surface area contributed by atoms with Gasteiger partial charge in [-0.2, -0.15) is 4.39 Å². The molecule has 1 rings (SSSR count). The van der Waals surface area contributed by atoms with E-state index >= 15 is 0 Å². The second kappa shape index (κ2) is 6.42. The van der Waals surface area contributed by atoms with Crippen molar-refractivity contribution < 1.29 is 9.31 Å². The number of nitro benzene ring substituents is 1. The molecular formula is C12H18FN3O2. The van der Waals surface area contributed by atoms with E-state index in [9.17, 15) is 14.5 Å². The zero-order chi connectivity index (χ0) is 13.7. The maximum absolute atomic E-state index is 13.4. The van der Waals surface area contributed by atoms with Crippen molar-refractivity contribution in [2.45, 2.75) is 19.5 Å². The third-order valence-electron chi connectivity index (χ3n) is 2.50. The van der Waals surface area contributed by atoms with E-state index in [0.29, 0.717) is 12.1 Å². The summed E-state index contributed by atoms with van der Waals surface area (Å²) in [6.45, 7) is 3.39. The summed E-state index contributed by atoms with van der Waals surface area (Å²) < 4.78 is 13.4. The molecule has 18 heavy (non-hydrogen) atoms. The Morgan fingerprint density at radius 2 is 2.17 bits per heavy atom. The van der Waals surface area contributed by atoms with E-state index in [1.807, 2.05) is 25.9 Å². The van der Waals surface area contributed by atoms with Gasteiger partial charge in [-0.05, 0) is 32.6 Å². The Bertz CT molecular complexity index is 424. The lowest BCUT2D eigenvalue weighted by Crippen LogP contribution is -2.35. The molecule has 0 fully saturated rings. The normalized spacial score (nSPS) is 12.7. The van der Waals surface area contributed by atoms with Crippen LogP contribution in [0.5, 0.6) is 0 Å². The van der Waals surface area contributed by atoms with Crippen LogP contribution in [0.2, 0.25) is 0 Å². The molecule has 0 aromatic heterocycles. The molecule has 0 heterocycles. The highest BCUT2D eigenvalue weighted by molar-refractivity contribution is 5.34. The molecule has 6 heteroatoms. The van der Waals surface area contributed by atoms with Crippen LogP contribution in [-0.2, 0) is 6.54 Å². The van der Waals surface area contributed by atoms with Crippen LogP contribution in [0.3, 0.4) is 0 Å². The number of nitrogens with zero attached hydrogens (tertiary/aromatic N) is 2. The summed E-state index contributed by atoms with van der Waals surface area (Å²) in [4.78, 5) is 11.8. The molecule has 0 saturated heterocycles. The number of halogens is 1. The minimum Gasteiger partial charge on any atom is -0.309 e. The van der Waals surface area contributed by atoms with Crippen molar-refractivity contribution in [2.24, 2.45) is 0 Å². The second-order valence-corrected chi connectivity index (χ2v) is 4.59. The van der Waals surface area contributed by atoms with Gasteiger partial charge in [0.1, 0.15) is 0 Å². The Kier molecular flexibility index (Phi) is 5.18. The van der Waals surface area contributed by atoms with Gasteiger partial charge in [0, 0.05) is 25.2 Å². The first kappa shape index (κ1) is 14.5. The van der Waals surface area contributed by atoms with E-state index < -0.39 is 16.4 Å². The first-order valence-corrected chi connectivity index (χ1v) is 5.71. The summed E-state index contributed by atoms with van der Waals surface area (Å²) in [6, 6.07) is 4.23. The number of hydrogen-bond acceptors (Lipinski definition) is 4. The van der Waals surface area contributed by atoms with Crippen LogP contribution in [0.4, 0.5) is 10.1 Å². The quantitative estimate of drug-likeness (QED) is 0.621. The van der Waals surface area contributed by atoms with Gasteiger partial charge in [-0.3, -0.25) is 10.1 Å². The van der Waals surface area contributed by atoms with E-state index in [-0.39, 0.29) is 6.04 Å². The van der Waals surface area contributed by atoms with Crippen molar-refractivity contribution in [3.63, 3.8) is 0 Å². The van der Waals surface area contributed by atoms with E-state index in [2.05, 4.69) is 5.32 Å². The third kappa shape index (κ3) is 4.38. The lowest BCUT2D eigenvalue weighted by Gasteiger charge is -2.18. The van der Waals surface area contributed by atoms with Gasteiger partial charge < -0.3 is 10.2 Å². The van der Waals surface area contributed by atoms with Crippen LogP contribution in [-0.4, -0.2) is 36.5 Å². The number of nitro groups is 1. The van der Waals surface area contributed by atoms with Gasteiger partial charge >= 0.3 is 5.69 Å². The van der Waals surface area contributed by atoms with Crippen molar-refractivity contribution >= 4 is 5.69 Å². The van der Waals surface area contributed by atoms with Crippen LogP contribution in [0, 0.1) is 15.9 Å². The highest BCUT2D eigenvalue weighted by atomic mass is 19.1. The number of likely N-dealkylation sites (N-methyl/N-ethyl adjacent to an activating group) is 1. The Morgan fingerprint density at radius 3 is 2.67 bits per heavy atom. The highest BCUT2D eigenvalue weighted by Crippen LogP contribution is 2.17. The zero-order valence-corrected chi connectivity index (χ0v) is 10.8. The van der Waals surface area contributed by atoms with Crippen LogP contribution in [0.15, 0.2) is 18.2 Å². The molecule has 0 spiro atoms. The standard InChI is InChI=1S/C12H18FN3O2/c1-9(8-15(2)3)14-7-10-4-5-12(16(17)18)11(13)6-10/h4-6,9,14H,7-8H2,1-3H3. The Labute approximate surface area is 106 Å². The Morgan fingerprint density at radius 1 is 1.50 bits per heavy atom. The molecular weight excluding hydrogens is 237 g/mol. The summed E-state index contributed by atoms with van der Waals surface area (Å²) in [6.07, 6.45) is 0. The molecule has 0 bridgehead atoms. The predicted octanol–water partition coefficient (Wildman–Crippen LogP) is 1.77. The fourth-order valence-corrected chi connectivity index (χ4v) is 1.71. The van der Waals surface area contributed by atoms with Crippen LogP contribution < -0.4 is 5.32 Å². The molecule has 1 unspecified atom stereocenters. The molecule has 100 valence electrons. The highest BCUT2D eigenvalue weighted by Gasteiger charge is 2.13. The van der Waals surface area contributed by atoms with Gasteiger partial charge in [0.25, 0.3) is 0 Å². The monoisotopic (exact) mass is 255 g/mol. The molecule has 0 saturated carbocycles. The number of benzene rings is 1. The second-order valence-electron chi connectivity index (χ2n) is 4.59. The molecule has 1 atom stereocenters. The predicted molar refractivity (Wildman–Crippen MR) is 67.9 cm³/mol. The smallest absolute Gasteiger partial charge is 0.304 e. The molecule has 1 aromatic rings. The molecule has 0 aliphatic heterocycles. The van der Waals surface area contributed by atoms with Gasteiger partial charge in [-0.25, -0.2) is 0 Å². The average molecular weight is 255 g/mol. The number of hydrogen-bond donors (Lipinski definition) is 1. The zero-order valence-electron chi connectivity index (χ0n) is 10.8. The minimum absolute atomic E-state index is 0.262. The van der Waals surface area contributed by atoms with E-state index in [0.717, 1.165) is 6.54 Å². The first-order chi connectivity index (χ1) is 8.40. The minimum atomic E-state index is -0.792. The maximum Gasteiger partial charge on any atom is 0.304 e. The fourth-order valence-electron chi connectivity index (χ4n) is 1.71. The summed E-state index contributed by atoms with van der Waals surface area (Å²) in [5.74, 6) is -0.792. The molecule has 0 aliphatic rings. The molecule has 1 N–H and O–H groups in total. The van der Waals surface area contributed by atoms with Crippen molar-refractivity contribution in [1.29, 1.82) is 0 Å². The fraction of sp³-hybridized carbons (Fsp3) is 0.500. The molecule has 1 aromatic carbocycles. The van der Waals surface area contributed by atoms with Gasteiger partial charge in [-0.15, -0.1) is 0 Å². The van der Waals surface area contributed by atoms with Gasteiger partial charge in [0.2, 0.25) is 5.82 Å². The molecule has 0 amide bonds. The topological polar surface area (TPSA) is 58.4 Å². The Balaban J connectivity index is 2.58. The largest absolute Gasteiger partial charge is 0.309 e. The molecule has 0 aliphatic carbocycles. The van der Waals surface area contributed by atoms with Gasteiger partial charge in [-0.1, -0.05) is 6.07 Å². The summed E-state index contributed by atoms with van der Waals surface area (Å²) in [5, 5.41) is 13.7. The molecule has 0 radical (unpaired) electrons. The lowest BCUT2D eigenvalue weighted by molar-refractivity contribution is -0.387. The number of rotatable bonds is 6. The summed E-state index contributed by atoms with van der Waals surface area (Å²) in [7, 11) is 3.95. The van der Waals surface area contributed by atoms with E-state index in [1.165, 1.54) is 12.1 Å². The van der Waals surface area contributed by atoms with Crippen molar-refractivity contribution in [3.8, 4) is 0 Å². The first-order valence-electron chi connectivity index (χ1n) is 5.71.